The molecule has 5 nitrogen and oxygen atoms in total. The second-order valence-corrected chi connectivity index (χ2v) is 2.79. The van der Waals surface area contributed by atoms with Crippen molar-refractivity contribution in [1.82, 2.24) is 0 Å². The van der Waals surface area contributed by atoms with E-state index in [0.29, 0.717) is 0 Å². The van der Waals surface area contributed by atoms with Gasteiger partial charge in [-0.25, -0.2) is 8.42 Å². The van der Waals surface area contributed by atoms with Crippen LogP contribution in [0, 0.1) is 0 Å². The SMILES string of the molecule is C=C[n+]1ccccc1.O=S(=O)([O-])O. The zero-order chi connectivity index (χ0) is 10.3. The van der Waals surface area contributed by atoms with Crippen molar-refractivity contribution in [3.05, 3.63) is 37.2 Å². The lowest BCUT2D eigenvalue weighted by Gasteiger charge is -1.88. The molecule has 1 aromatic heterocycles. The monoisotopic (exact) mass is 203 g/mol. The summed E-state index contributed by atoms with van der Waals surface area (Å²) in [5, 5.41) is 0. The molecular formula is C7H9NO4S. The fourth-order valence-electron chi connectivity index (χ4n) is 0.534. The first-order valence-corrected chi connectivity index (χ1v) is 4.56. The number of aromatic nitrogens is 1. The molecule has 0 saturated carbocycles. The minimum absolute atomic E-state index is 1.75. The van der Waals surface area contributed by atoms with E-state index < -0.39 is 10.4 Å². The van der Waals surface area contributed by atoms with Gasteiger partial charge in [0.15, 0.2) is 18.6 Å². The van der Waals surface area contributed by atoms with E-state index in [2.05, 4.69) is 6.58 Å². The Morgan fingerprint density at radius 3 is 1.92 bits per heavy atom. The molecule has 0 amide bonds. The zero-order valence-electron chi connectivity index (χ0n) is 6.70. The molecule has 1 aromatic rings. The van der Waals surface area contributed by atoms with Gasteiger partial charge in [-0.05, 0) is 6.58 Å². The van der Waals surface area contributed by atoms with Gasteiger partial charge in [-0.2, -0.15) is 4.57 Å². The molecule has 1 heterocycles. The van der Waals surface area contributed by atoms with Gasteiger partial charge in [-0.1, -0.05) is 6.07 Å². The maximum Gasteiger partial charge on any atom is 0.215 e. The molecule has 0 saturated heterocycles. The molecule has 0 aliphatic heterocycles. The zero-order valence-corrected chi connectivity index (χ0v) is 7.52. The second-order valence-electron chi connectivity index (χ2n) is 1.93. The molecule has 0 bridgehead atoms. The molecule has 6 heteroatoms. The minimum atomic E-state index is -4.92. The van der Waals surface area contributed by atoms with Crippen LogP contribution in [0.2, 0.25) is 0 Å². The lowest BCUT2D eigenvalue weighted by Crippen LogP contribution is -2.22. The van der Waals surface area contributed by atoms with Gasteiger partial charge in [0.05, 0.1) is 0 Å². The minimum Gasteiger partial charge on any atom is -0.726 e. The topological polar surface area (TPSA) is 81.3 Å². The van der Waals surface area contributed by atoms with E-state index in [1.165, 1.54) is 0 Å². The highest BCUT2D eigenvalue weighted by molar-refractivity contribution is 7.79. The largest absolute Gasteiger partial charge is 0.726 e. The normalized spacial score (nSPS) is 9.69. The molecule has 13 heavy (non-hydrogen) atoms. The van der Waals surface area contributed by atoms with Crippen LogP contribution in [-0.4, -0.2) is 17.5 Å². The second kappa shape index (κ2) is 5.41. The Balaban J connectivity index is 0.000000252. The smallest absolute Gasteiger partial charge is 0.215 e. The first kappa shape index (κ1) is 11.8. The predicted octanol–water partition coefficient (Wildman–Crippen LogP) is 0.0792. The summed E-state index contributed by atoms with van der Waals surface area (Å²) in [6.07, 6.45) is 5.62. The van der Waals surface area contributed by atoms with Crippen LogP contribution in [-0.2, 0) is 10.4 Å². The standard InChI is InChI=1S/C7H8N.H2O4S/c1-2-8-6-4-3-5-7-8;1-5(2,3)4/h2-7H,1H2;(H2,1,2,3,4)/q+1;/p-1. The van der Waals surface area contributed by atoms with E-state index in [-0.39, 0.29) is 0 Å². The van der Waals surface area contributed by atoms with E-state index in [1.54, 1.807) is 6.20 Å². The van der Waals surface area contributed by atoms with Gasteiger partial charge >= 0.3 is 0 Å². The Morgan fingerprint density at radius 1 is 1.31 bits per heavy atom. The number of hydrogen-bond acceptors (Lipinski definition) is 3. The average Bonchev–Trinajstić information content (AvgIpc) is 2.03. The molecule has 72 valence electrons. The fourth-order valence-corrected chi connectivity index (χ4v) is 0.534. The van der Waals surface area contributed by atoms with E-state index in [1.807, 2.05) is 35.2 Å². The highest BCUT2D eigenvalue weighted by Gasteiger charge is 1.83. The van der Waals surface area contributed by atoms with Crippen LogP contribution in [0.3, 0.4) is 0 Å². The maximum atomic E-state index is 8.63. The highest BCUT2D eigenvalue weighted by atomic mass is 32.3. The van der Waals surface area contributed by atoms with Crippen LogP contribution in [0.15, 0.2) is 37.2 Å². The summed E-state index contributed by atoms with van der Waals surface area (Å²) in [6, 6.07) is 5.89. The van der Waals surface area contributed by atoms with Crippen LogP contribution < -0.4 is 4.57 Å². The quantitative estimate of drug-likeness (QED) is 0.398. The van der Waals surface area contributed by atoms with Crippen LogP contribution >= 0.6 is 0 Å². The van der Waals surface area contributed by atoms with Crippen LogP contribution in [0.25, 0.3) is 6.20 Å². The molecule has 0 unspecified atom stereocenters. The number of pyridine rings is 1. The van der Waals surface area contributed by atoms with Gasteiger partial charge in [0.25, 0.3) is 0 Å². The van der Waals surface area contributed by atoms with E-state index in [0.717, 1.165) is 0 Å². The molecule has 0 atom stereocenters. The summed E-state index contributed by atoms with van der Waals surface area (Å²) in [6.45, 7) is 3.59. The van der Waals surface area contributed by atoms with Crippen LogP contribution in [0.4, 0.5) is 0 Å². The van der Waals surface area contributed by atoms with Crippen molar-refractivity contribution in [3.8, 4) is 0 Å². The van der Waals surface area contributed by atoms with Gasteiger partial charge in [0.2, 0.25) is 10.4 Å². The van der Waals surface area contributed by atoms with E-state index >= 15 is 0 Å². The first-order chi connectivity index (χ1) is 5.93. The summed E-state index contributed by atoms with van der Waals surface area (Å²) >= 11 is 0. The van der Waals surface area contributed by atoms with Crippen molar-refractivity contribution in [2.75, 3.05) is 0 Å². The van der Waals surface area contributed by atoms with Crippen LogP contribution in [0.5, 0.6) is 0 Å². The Morgan fingerprint density at radius 2 is 1.69 bits per heavy atom. The molecule has 0 fully saturated rings. The summed E-state index contributed by atoms with van der Waals surface area (Å²) in [5.74, 6) is 0. The summed E-state index contributed by atoms with van der Waals surface area (Å²) in [4.78, 5) is 0. The summed E-state index contributed by atoms with van der Waals surface area (Å²) < 4.78 is 34.7. The predicted molar refractivity (Wildman–Crippen MR) is 45.4 cm³/mol. The first-order valence-electron chi connectivity index (χ1n) is 3.20. The Hall–Kier alpha value is -1.24. The third-order valence-electron chi connectivity index (χ3n) is 0.949. The fraction of sp³-hybridized carbons (Fsp3) is 0. The molecule has 0 radical (unpaired) electrons. The van der Waals surface area contributed by atoms with E-state index in [4.69, 9.17) is 17.5 Å². The van der Waals surface area contributed by atoms with Crippen LogP contribution in [0.1, 0.15) is 0 Å². The Bertz CT molecular complexity index is 338. The molecule has 0 spiro atoms. The molecule has 0 aliphatic rings. The molecular weight excluding hydrogens is 194 g/mol. The van der Waals surface area contributed by atoms with E-state index in [9.17, 15) is 0 Å². The summed E-state index contributed by atoms with van der Waals surface area (Å²) in [5.41, 5.74) is 0. The van der Waals surface area contributed by atoms with Gasteiger partial charge in [-0.15, -0.1) is 0 Å². The van der Waals surface area contributed by atoms with Gasteiger partial charge < -0.3 is 4.55 Å². The van der Waals surface area contributed by atoms with Crippen molar-refractivity contribution >= 4 is 16.6 Å². The lowest BCUT2D eigenvalue weighted by atomic mass is 10.5. The third kappa shape index (κ3) is 10.8. The number of hydrogen-bond donors (Lipinski definition) is 1. The Labute approximate surface area is 76.5 Å². The summed E-state index contributed by atoms with van der Waals surface area (Å²) in [7, 11) is -4.92. The van der Waals surface area contributed by atoms with Gasteiger partial charge in [-0.3, -0.25) is 4.55 Å². The highest BCUT2D eigenvalue weighted by Crippen LogP contribution is 1.74. The van der Waals surface area contributed by atoms with Gasteiger partial charge in [0, 0.05) is 12.1 Å². The third-order valence-corrected chi connectivity index (χ3v) is 0.949. The molecule has 0 aromatic carbocycles. The van der Waals surface area contributed by atoms with Crippen molar-refractivity contribution in [3.63, 3.8) is 0 Å². The lowest BCUT2D eigenvalue weighted by molar-refractivity contribution is -0.567. The Kier molecular flexibility index (Phi) is 4.90. The number of nitrogens with zero attached hydrogens (tertiary/aromatic N) is 1. The maximum absolute atomic E-state index is 8.63. The van der Waals surface area contributed by atoms with Crippen molar-refractivity contribution in [1.29, 1.82) is 0 Å². The van der Waals surface area contributed by atoms with Crippen molar-refractivity contribution < 1.29 is 22.1 Å². The molecule has 1 N–H and O–H groups in total. The van der Waals surface area contributed by atoms with Crippen molar-refractivity contribution in [2.45, 2.75) is 0 Å². The van der Waals surface area contributed by atoms with Crippen molar-refractivity contribution in [2.24, 2.45) is 0 Å². The number of rotatable bonds is 1. The van der Waals surface area contributed by atoms with Gasteiger partial charge in [0.1, 0.15) is 0 Å². The molecule has 1 rings (SSSR count). The average molecular weight is 203 g/mol. The molecule has 0 aliphatic carbocycles.